The molecule has 0 radical (unpaired) electrons. The van der Waals surface area contributed by atoms with Gasteiger partial charge >= 0.3 is 6.03 Å². The van der Waals surface area contributed by atoms with Crippen LogP contribution in [-0.2, 0) is 11.3 Å². The van der Waals surface area contributed by atoms with Crippen molar-refractivity contribution in [3.8, 4) is 5.75 Å². The molecule has 19 heavy (non-hydrogen) atoms. The van der Waals surface area contributed by atoms with Crippen LogP contribution in [0.5, 0.6) is 5.75 Å². The molecule has 6 nitrogen and oxygen atoms in total. The molecule has 0 heterocycles. The minimum Gasteiger partial charge on any atom is -0.481 e. The first-order valence-electron chi connectivity index (χ1n) is 5.65. The molecule has 3 amide bonds. The van der Waals surface area contributed by atoms with Crippen LogP contribution in [-0.4, -0.2) is 25.1 Å². The molecule has 1 aromatic carbocycles. The van der Waals surface area contributed by atoms with Crippen LogP contribution in [0.2, 0.25) is 0 Å². The van der Waals surface area contributed by atoms with Crippen LogP contribution in [0, 0.1) is 0 Å². The van der Waals surface area contributed by atoms with Crippen molar-refractivity contribution in [2.24, 2.45) is 5.73 Å². The lowest BCUT2D eigenvalue weighted by atomic mass is 10.2. The third kappa shape index (κ3) is 4.53. The van der Waals surface area contributed by atoms with E-state index in [0.29, 0.717) is 12.3 Å². The maximum absolute atomic E-state index is 11.6. The molecule has 4 N–H and O–H groups in total. The number of nitrogens with one attached hydrogen (secondary N) is 2. The molecule has 7 heteroatoms. The Morgan fingerprint density at radius 3 is 2.74 bits per heavy atom. The van der Waals surface area contributed by atoms with E-state index in [4.69, 9.17) is 10.5 Å². The van der Waals surface area contributed by atoms with E-state index in [9.17, 15) is 9.59 Å². The van der Waals surface area contributed by atoms with Crippen molar-refractivity contribution in [2.75, 3.05) is 7.05 Å². The third-order valence-corrected chi connectivity index (χ3v) is 2.87. The summed E-state index contributed by atoms with van der Waals surface area (Å²) in [7, 11) is 1.43. The van der Waals surface area contributed by atoms with Crippen molar-refractivity contribution >= 4 is 27.9 Å². The van der Waals surface area contributed by atoms with Crippen LogP contribution in [0.15, 0.2) is 22.7 Å². The van der Waals surface area contributed by atoms with Gasteiger partial charge in [-0.1, -0.05) is 15.9 Å². The van der Waals surface area contributed by atoms with Gasteiger partial charge in [-0.3, -0.25) is 10.1 Å². The van der Waals surface area contributed by atoms with Gasteiger partial charge in [0.1, 0.15) is 5.75 Å². The first-order chi connectivity index (χ1) is 8.97. The Morgan fingerprint density at radius 1 is 1.47 bits per heavy atom. The Hall–Kier alpha value is -1.60. The minimum atomic E-state index is -0.802. The van der Waals surface area contributed by atoms with E-state index in [2.05, 4.69) is 26.6 Å². The minimum absolute atomic E-state index is 0.290. The van der Waals surface area contributed by atoms with Crippen molar-refractivity contribution in [3.63, 3.8) is 0 Å². The largest absolute Gasteiger partial charge is 0.481 e. The second kappa shape index (κ2) is 7.10. The number of carbonyl (C=O) groups excluding carboxylic acids is 2. The first kappa shape index (κ1) is 15.5. The summed E-state index contributed by atoms with van der Waals surface area (Å²) in [6, 6.07) is 4.75. The Balaban J connectivity index is 2.73. The number of hydrogen-bond donors (Lipinski definition) is 3. The number of halogens is 1. The summed E-state index contributed by atoms with van der Waals surface area (Å²) in [5, 5.41) is 4.44. The molecular weight excluding hydrogens is 314 g/mol. The molecule has 0 saturated carbocycles. The zero-order valence-electron chi connectivity index (χ0n) is 10.7. The topological polar surface area (TPSA) is 93.5 Å². The van der Waals surface area contributed by atoms with E-state index in [1.807, 2.05) is 6.07 Å². The monoisotopic (exact) mass is 329 g/mol. The van der Waals surface area contributed by atoms with Gasteiger partial charge in [0.2, 0.25) is 0 Å². The fourth-order valence-electron chi connectivity index (χ4n) is 1.34. The fraction of sp³-hybridized carbons (Fsp3) is 0.333. The van der Waals surface area contributed by atoms with Gasteiger partial charge in [0.25, 0.3) is 5.91 Å². The van der Waals surface area contributed by atoms with Crippen molar-refractivity contribution in [1.82, 2.24) is 10.6 Å². The fourth-order valence-corrected chi connectivity index (χ4v) is 1.75. The number of amides is 3. The van der Waals surface area contributed by atoms with E-state index < -0.39 is 18.0 Å². The summed E-state index contributed by atoms with van der Waals surface area (Å²) >= 11 is 3.33. The predicted octanol–water partition coefficient (Wildman–Crippen LogP) is 1.13. The molecule has 1 aromatic rings. The maximum atomic E-state index is 11.6. The molecule has 0 spiro atoms. The Kier molecular flexibility index (Phi) is 5.78. The number of carbonyl (C=O) groups is 2. The van der Waals surface area contributed by atoms with Gasteiger partial charge in [-0.2, -0.15) is 0 Å². The van der Waals surface area contributed by atoms with Gasteiger partial charge in [0.15, 0.2) is 6.10 Å². The molecule has 0 aliphatic carbocycles. The average molecular weight is 330 g/mol. The molecule has 0 fully saturated rings. The zero-order valence-corrected chi connectivity index (χ0v) is 12.3. The summed E-state index contributed by atoms with van der Waals surface area (Å²) in [4.78, 5) is 22.7. The van der Waals surface area contributed by atoms with E-state index in [1.165, 1.54) is 7.05 Å². The van der Waals surface area contributed by atoms with Gasteiger partial charge in [0.05, 0.1) is 0 Å². The van der Waals surface area contributed by atoms with Gasteiger partial charge in [-0.15, -0.1) is 0 Å². The third-order valence-electron chi connectivity index (χ3n) is 2.38. The number of nitrogens with two attached hydrogens (primary N) is 1. The highest BCUT2D eigenvalue weighted by Crippen LogP contribution is 2.23. The van der Waals surface area contributed by atoms with Gasteiger partial charge in [-0.05, 0) is 25.1 Å². The van der Waals surface area contributed by atoms with E-state index in [0.717, 1.165) is 10.0 Å². The summed E-state index contributed by atoms with van der Waals surface area (Å²) in [5.41, 5.74) is 6.38. The zero-order chi connectivity index (χ0) is 14.4. The summed E-state index contributed by atoms with van der Waals surface area (Å²) in [6.07, 6.45) is -0.802. The van der Waals surface area contributed by atoms with Crippen LogP contribution in [0.3, 0.4) is 0 Å². The molecule has 0 saturated heterocycles. The lowest BCUT2D eigenvalue weighted by molar-refractivity contribution is -0.126. The lowest BCUT2D eigenvalue weighted by Crippen LogP contribution is -2.44. The summed E-state index contributed by atoms with van der Waals surface area (Å²) in [6.45, 7) is 1.85. The van der Waals surface area contributed by atoms with Crippen LogP contribution in [0.4, 0.5) is 4.79 Å². The van der Waals surface area contributed by atoms with E-state index >= 15 is 0 Å². The van der Waals surface area contributed by atoms with Crippen LogP contribution >= 0.6 is 15.9 Å². The van der Waals surface area contributed by atoms with Crippen molar-refractivity contribution in [3.05, 3.63) is 28.2 Å². The number of ether oxygens (including phenoxy) is 1. The molecule has 0 aliphatic rings. The van der Waals surface area contributed by atoms with E-state index in [-0.39, 0.29) is 0 Å². The molecule has 0 aliphatic heterocycles. The lowest BCUT2D eigenvalue weighted by Gasteiger charge is -2.16. The first-order valence-corrected chi connectivity index (χ1v) is 6.45. The second-order valence-corrected chi connectivity index (χ2v) is 4.70. The van der Waals surface area contributed by atoms with Crippen molar-refractivity contribution in [1.29, 1.82) is 0 Å². The van der Waals surface area contributed by atoms with Gasteiger partial charge < -0.3 is 15.8 Å². The van der Waals surface area contributed by atoms with Crippen LogP contribution < -0.4 is 21.1 Å². The number of rotatable bonds is 4. The number of urea groups is 1. The highest BCUT2D eigenvalue weighted by molar-refractivity contribution is 9.10. The Labute approximate surface area is 119 Å². The van der Waals surface area contributed by atoms with Crippen molar-refractivity contribution < 1.29 is 14.3 Å². The second-order valence-electron chi connectivity index (χ2n) is 3.78. The molecule has 1 rings (SSSR count). The molecular formula is C12H16BrN3O3. The van der Waals surface area contributed by atoms with Gasteiger partial charge in [0, 0.05) is 23.6 Å². The smallest absolute Gasteiger partial charge is 0.321 e. The highest BCUT2D eigenvalue weighted by Gasteiger charge is 2.18. The number of benzene rings is 1. The molecule has 104 valence electrons. The SMILES string of the molecule is CNC(=O)NC(=O)C(C)Oc1ccc(Br)cc1CN. The quantitative estimate of drug-likeness (QED) is 0.771. The molecule has 1 unspecified atom stereocenters. The number of hydrogen-bond acceptors (Lipinski definition) is 4. The average Bonchev–Trinajstić information content (AvgIpc) is 2.40. The van der Waals surface area contributed by atoms with Gasteiger partial charge in [-0.25, -0.2) is 4.79 Å². The van der Waals surface area contributed by atoms with Crippen molar-refractivity contribution in [2.45, 2.75) is 19.6 Å². The summed E-state index contributed by atoms with van der Waals surface area (Å²) in [5.74, 6) is -0.00417. The molecule has 1 atom stereocenters. The molecule has 0 bridgehead atoms. The number of imide groups is 1. The summed E-state index contributed by atoms with van der Waals surface area (Å²) < 4.78 is 6.38. The standard InChI is InChI=1S/C12H16BrN3O3/c1-7(11(17)16-12(18)15-2)19-10-4-3-9(13)5-8(10)6-14/h3-5,7H,6,14H2,1-2H3,(H2,15,16,17,18). The molecule has 0 aromatic heterocycles. The maximum Gasteiger partial charge on any atom is 0.321 e. The Bertz CT molecular complexity index is 479. The predicted molar refractivity (Wildman–Crippen MR) is 74.7 cm³/mol. The normalized spacial score (nSPS) is 11.6. The van der Waals surface area contributed by atoms with E-state index in [1.54, 1.807) is 19.1 Å². The van der Waals surface area contributed by atoms with Crippen LogP contribution in [0.25, 0.3) is 0 Å². The van der Waals surface area contributed by atoms with Crippen LogP contribution in [0.1, 0.15) is 12.5 Å². The highest BCUT2D eigenvalue weighted by atomic mass is 79.9. The Morgan fingerprint density at radius 2 is 2.16 bits per heavy atom.